The Labute approximate surface area is 118 Å². The Morgan fingerprint density at radius 3 is 2.72 bits per heavy atom. The molecule has 0 radical (unpaired) electrons. The van der Waals surface area contributed by atoms with E-state index < -0.39 is 0 Å². The molecule has 0 unspecified atom stereocenters. The molecule has 1 heterocycles. The van der Waals surface area contributed by atoms with E-state index in [0.717, 1.165) is 25.7 Å². The summed E-state index contributed by atoms with van der Waals surface area (Å²) >= 11 is 4.99. The first-order valence-corrected chi connectivity index (χ1v) is 6.91. The van der Waals surface area contributed by atoms with Crippen LogP contribution in [0.5, 0.6) is 0 Å². The third-order valence-corrected chi connectivity index (χ3v) is 4.05. The third-order valence-electron chi connectivity index (χ3n) is 2.41. The zero-order valence-corrected chi connectivity index (χ0v) is 12.5. The zero-order chi connectivity index (χ0) is 13.3. The fourth-order valence-corrected chi connectivity index (χ4v) is 3.21. The molecule has 0 fully saturated rings. The average molecular weight is 325 g/mol. The lowest BCUT2D eigenvalue weighted by molar-refractivity contribution is 0.692. The largest absolute Gasteiger partial charge is 0.384 e. The van der Waals surface area contributed by atoms with Crippen molar-refractivity contribution in [3.05, 3.63) is 40.0 Å². The van der Waals surface area contributed by atoms with Crippen molar-refractivity contribution in [2.75, 3.05) is 0 Å². The fourth-order valence-electron chi connectivity index (χ4n) is 1.60. The highest BCUT2D eigenvalue weighted by Crippen LogP contribution is 2.32. The first-order chi connectivity index (χ1) is 8.47. The minimum Gasteiger partial charge on any atom is -0.384 e. The van der Waals surface area contributed by atoms with Gasteiger partial charge in [0, 0.05) is 22.0 Å². The van der Waals surface area contributed by atoms with Crippen LogP contribution in [0.4, 0.5) is 0 Å². The molecule has 6 heteroatoms. The summed E-state index contributed by atoms with van der Waals surface area (Å²) < 4.78 is 2.79. The minimum atomic E-state index is 0.0730. The standard InChI is InChI=1S/C12H13BrN4S/c1-7-5-11(17(2)16-7)18-10-6-8(13)3-4-9(10)12(14)15/h3-6H,1-2H3,(H3,14,15). The van der Waals surface area contributed by atoms with Crippen LogP contribution in [-0.2, 0) is 7.05 Å². The van der Waals surface area contributed by atoms with Crippen LogP contribution in [0.15, 0.2) is 38.7 Å². The van der Waals surface area contributed by atoms with Gasteiger partial charge in [-0.1, -0.05) is 27.7 Å². The highest BCUT2D eigenvalue weighted by Gasteiger charge is 2.10. The monoisotopic (exact) mass is 324 g/mol. The van der Waals surface area contributed by atoms with E-state index in [1.807, 2.05) is 42.9 Å². The molecule has 0 spiro atoms. The van der Waals surface area contributed by atoms with Gasteiger partial charge in [-0.2, -0.15) is 5.10 Å². The van der Waals surface area contributed by atoms with Gasteiger partial charge in [0.2, 0.25) is 0 Å². The van der Waals surface area contributed by atoms with Crippen LogP contribution in [0.2, 0.25) is 0 Å². The molecule has 0 saturated heterocycles. The van der Waals surface area contributed by atoms with Gasteiger partial charge in [-0.3, -0.25) is 10.1 Å². The Hall–Kier alpha value is -1.27. The maximum atomic E-state index is 7.60. The summed E-state index contributed by atoms with van der Waals surface area (Å²) in [5.41, 5.74) is 7.30. The molecule has 3 N–H and O–H groups in total. The van der Waals surface area contributed by atoms with Crippen LogP contribution in [0.3, 0.4) is 0 Å². The summed E-state index contributed by atoms with van der Waals surface area (Å²) in [5, 5.41) is 12.9. The minimum absolute atomic E-state index is 0.0730. The van der Waals surface area contributed by atoms with Gasteiger partial charge in [-0.05, 0) is 31.2 Å². The van der Waals surface area contributed by atoms with Crippen molar-refractivity contribution in [1.29, 1.82) is 5.41 Å². The van der Waals surface area contributed by atoms with E-state index in [0.29, 0.717) is 0 Å². The van der Waals surface area contributed by atoms with Gasteiger partial charge in [0.15, 0.2) is 0 Å². The Morgan fingerprint density at radius 1 is 1.44 bits per heavy atom. The van der Waals surface area contributed by atoms with Crippen LogP contribution in [-0.4, -0.2) is 15.6 Å². The predicted octanol–water partition coefficient (Wildman–Crippen LogP) is 2.93. The number of rotatable bonds is 3. The van der Waals surface area contributed by atoms with E-state index in [9.17, 15) is 0 Å². The maximum Gasteiger partial charge on any atom is 0.123 e. The van der Waals surface area contributed by atoms with Crippen LogP contribution in [0.25, 0.3) is 0 Å². The second-order valence-corrected chi connectivity index (χ2v) is 5.88. The van der Waals surface area contributed by atoms with E-state index in [1.165, 1.54) is 0 Å². The summed E-state index contributed by atoms with van der Waals surface area (Å²) in [6.07, 6.45) is 0. The van der Waals surface area contributed by atoms with Crippen molar-refractivity contribution >= 4 is 33.5 Å². The number of nitrogens with two attached hydrogens (primary N) is 1. The molecule has 0 atom stereocenters. The number of amidine groups is 1. The van der Waals surface area contributed by atoms with Crippen molar-refractivity contribution in [3.8, 4) is 0 Å². The number of benzene rings is 1. The average Bonchev–Trinajstić information content (AvgIpc) is 2.57. The molecular formula is C12H13BrN4S. The molecule has 2 rings (SSSR count). The second kappa shape index (κ2) is 5.16. The molecule has 0 aliphatic heterocycles. The topological polar surface area (TPSA) is 67.7 Å². The number of hydrogen-bond acceptors (Lipinski definition) is 3. The van der Waals surface area contributed by atoms with E-state index in [-0.39, 0.29) is 5.84 Å². The molecule has 1 aromatic heterocycles. The Morgan fingerprint density at radius 2 is 2.17 bits per heavy atom. The lowest BCUT2D eigenvalue weighted by atomic mass is 10.2. The maximum absolute atomic E-state index is 7.60. The molecule has 0 bridgehead atoms. The van der Waals surface area contributed by atoms with E-state index in [4.69, 9.17) is 11.1 Å². The lowest BCUT2D eigenvalue weighted by Gasteiger charge is -2.08. The van der Waals surface area contributed by atoms with Gasteiger partial charge in [-0.15, -0.1) is 0 Å². The number of nitrogen functional groups attached to an aromatic ring is 1. The Balaban J connectivity index is 2.42. The number of aromatic nitrogens is 2. The molecule has 18 heavy (non-hydrogen) atoms. The number of halogens is 1. The quantitative estimate of drug-likeness (QED) is 0.673. The van der Waals surface area contributed by atoms with Crippen molar-refractivity contribution in [3.63, 3.8) is 0 Å². The number of nitrogens with one attached hydrogen (secondary N) is 1. The summed E-state index contributed by atoms with van der Waals surface area (Å²) in [6.45, 7) is 1.96. The first kappa shape index (κ1) is 13.2. The highest BCUT2D eigenvalue weighted by molar-refractivity contribution is 9.10. The van der Waals surface area contributed by atoms with Gasteiger partial charge >= 0.3 is 0 Å². The van der Waals surface area contributed by atoms with Gasteiger partial charge in [-0.25, -0.2) is 0 Å². The SMILES string of the molecule is Cc1cc(Sc2cc(Br)ccc2C(=N)N)n(C)n1. The third kappa shape index (κ3) is 2.76. The van der Waals surface area contributed by atoms with Crippen LogP contribution >= 0.6 is 27.7 Å². The van der Waals surface area contributed by atoms with Crippen LogP contribution < -0.4 is 5.73 Å². The van der Waals surface area contributed by atoms with Crippen molar-refractivity contribution in [2.24, 2.45) is 12.8 Å². The second-order valence-electron chi connectivity index (χ2n) is 3.90. The summed E-state index contributed by atoms with van der Waals surface area (Å²) in [6, 6.07) is 7.70. The van der Waals surface area contributed by atoms with Gasteiger partial charge in [0.05, 0.1) is 10.7 Å². The Kier molecular flexibility index (Phi) is 3.77. The fraction of sp³-hybridized carbons (Fsp3) is 0.167. The molecule has 94 valence electrons. The Bertz CT molecular complexity index is 606. The lowest BCUT2D eigenvalue weighted by Crippen LogP contribution is -2.12. The predicted molar refractivity (Wildman–Crippen MR) is 77.2 cm³/mol. The van der Waals surface area contributed by atoms with Crippen molar-refractivity contribution in [2.45, 2.75) is 16.8 Å². The van der Waals surface area contributed by atoms with E-state index >= 15 is 0 Å². The molecule has 2 aromatic rings. The first-order valence-electron chi connectivity index (χ1n) is 5.30. The summed E-state index contributed by atoms with van der Waals surface area (Å²) in [7, 11) is 1.90. The van der Waals surface area contributed by atoms with E-state index in [2.05, 4.69) is 21.0 Å². The molecule has 0 aliphatic rings. The molecule has 0 saturated carbocycles. The van der Waals surface area contributed by atoms with Gasteiger partial charge < -0.3 is 5.73 Å². The number of aryl methyl sites for hydroxylation is 2. The molecule has 4 nitrogen and oxygen atoms in total. The normalized spacial score (nSPS) is 10.6. The smallest absolute Gasteiger partial charge is 0.123 e. The highest BCUT2D eigenvalue weighted by atomic mass is 79.9. The van der Waals surface area contributed by atoms with E-state index in [1.54, 1.807) is 11.8 Å². The molecular weight excluding hydrogens is 312 g/mol. The number of nitrogens with zero attached hydrogens (tertiary/aromatic N) is 2. The van der Waals surface area contributed by atoms with Crippen LogP contribution in [0.1, 0.15) is 11.3 Å². The number of hydrogen-bond donors (Lipinski definition) is 2. The molecule has 1 aromatic carbocycles. The zero-order valence-electron chi connectivity index (χ0n) is 10.1. The molecule has 0 amide bonds. The van der Waals surface area contributed by atoms with Gasteiger partial charge in [0.1, 0.15) is 5.84 Å². The van der Waals surface area contributed by atoms with Crippen molar-refractivity contribution in [1.82, 2.24) is 9.78 Å². The van der Waals surface area contributed by atoms with Gasteiger partial charge in [0.25, 0.3) is 0 Å². The summed E-state index contributed by atoms with van der Waals surface area (Å²) in [5.74, 6) is 0.0730. The molecule has 0 aliphatic carbocycles. The van der Waals surface area contributed by atoms with Crippen LogP contribution in [0, 0.1) is 12.3 Å². The van der Waals surface area contributed by atoms with Crippen molar-refractivity contribution < 1.29 is 0 Å². The summed E-state index contributed by atoms with van der Waals surface area (Å²) in [4.78, 5) is 0.944.